The van der Waals surface area contributed by atoms with E-state index in [0.717, 1.165) is 21.6 Å². The Kier molecular flexibility index (Phi) is 4.74. The summed E-state index contributed by atoms with van der Waals surface area (Å²) in [6.45, 7) is 5.74. The Morgan fingerprint density at radius 3 is 2.19 bits per heavy atom. The maximum Gasteiger partial charge on any atom is 0.283 e. The smallest absolute Gasteiger partial charge is 0.283 e. The van der Waals surface area contributed by atoms with Crippen molar-refractivity contribution in [2.75, 3.05) is 17.3 Å². The maximum atomic E-state index is 12.9. The number of hydrogen-bond donors (Lipinski definition) is 1. The largest absolute Gasteiger partial charge is 0.495 e. The Balaban J connectivity index is 1.98. The average molecular weight is 371 g/mol. The van der Waals surface area contributed by atoms with Gasteiger partial charge in [0.05, 0.1) is 18.5 Å². The summed E-state index contributed by atoms with van der Waals surface area (Å²) in [6.07, 6.45) is 0. The third-order valence-electron chi connectivity index (χ3n) is 4.11. The molecule has 0 radical (unpaired) electrons. The molecule has 0 unspecified atom stereocenters. The lowest BCUT2D eigenvalue weighted by Gasteiger charge is -2.17. The highest BCUT2D eigenvalue weighted by Gasteiger charge is 2.39. The number of ether oxygens (including phenoxy) is 1. The molecule has 0 bridgehead atoms. The number of carbonyl (C=O) groups excluding carboxylic acids is 2. The summed E-state index contributed by atoms with van der Waals surface area (Å²) in [6, 6.07) is 11.0. The number of anilines is 2. The molecule has 134 valence electrons. The predicted molar refractivity (Wildman–Crippen MR) is 103 cm³/mol. The molecular weight excluding hydrogens is 352 g/mol. The fourth-order valence-corrected chi connectivity index (χ4v) is 3.19. The number of benzene rings is 2. The number of nitrogens with one attached hydrogen (secondary N) is 1. The molecule has 6 heteroatoms. The zero-order valence-electron chi connectivity index (χ0n) is 15.0. The van der Waals surface area contributed by atoms with Crippen LogP contribution in [0.25, 0.3) is 0 Å². The summed E-state index contributed by atoms with van der Waals surface area (Å²) in [5.74, 6) is -0.484. The van der Waals surface area contributed by atoms with Gasteiger partial charge in [0.1, 0.15) is 16.5 Å². The number of amides is 2. The van der Waals surface area contributed by atoms with Crippen LogP contribution in [0.5, 0.6) is 5.75 Å². The van der Waals surface area contributed by atoms with E-state index in [1.54, 1.807) is 18.2 Å². The van der Waals surface area contributed by atoms with Crippen LogP contribution in [0.1, 0.15) is 16.7 Å². The molecule has 3 rings (SSSR count). The number of aryl methyl sites for hydroxylation is 3. The third kappa shape index (κ3) is 3.18. The van der Waals surface area contributed by atoms with Crippen molar-refractivity contribution in [2.45, 2.75) is 20.8 Å². The molecule has 0 fully saturated rings. The SMILES string of the molecule is COc1ccc(C)cc1NC1=C(Cl)C(=O)N(c2cc(C)cc(C)c2)C1=O. The van der Waals surface area contributed by atoms with Gasteiger partial charge in [-0.15, -0.1) is 0 Å². The highest BCUT2D eigenvalue weighted by atomic mass is 35.5. The van der Waals surface area contributed by atoms with Gasteiger partial charge >= 0.3 is 0 Å². The monoisotopic (exact) mass is 370 g/mol. The van der Waals surface area contributed by atoms with Crippen molar-refractivity contribution in [1.82, 2.24) is 0 Å². The Bertz CT molecular complexity index is 930. The molecule has 0 aliphatic carbocycles. The second-order valence-electron chi connectivity index (χ2n) is 6.31. The first kappa shape index (κ1) is 18.0. The number of rotatable bonds is 4. The van der Waals surface area contributed by atoms with E-state index in [4.69, 9.17) is 16.3 Å². The minimum Gasteiger partial charge on any atom is -0.495 e. The molecule has 26 heavy (non-hydrogen) atoms. The minimum atomic E-state index is -0.546. The van der Waals surface area contributed by atoms with E-state index in [2.05, 4.69) is 5.32 Å². The molecule has 2 aromatic rings. The summed E-state index contributed by atoms with van der Waals surface area (Å²) in [4.78, 5) is 26.6. The van der Waals surface area contributed by atoms with Crippen LogP contribution in [0, 0.1) is 20.8 Å². The summed E-state index contributed by atoms with van der Waals surface area (Å²) in [5, 5.41) is 2.83. The van der Waals surface area contributed by atoms with Gasteiger partial charge in [0.25, 0.3) is 11.8 Å². The molecule has 0 saturated heterocycles. The van der Waals surface area contributed by atoms with Crippen LogP contribution in [-0.4, -0.2) is 18.9 Å². The zero-order valence-corrected chi connectivity index (χ0v) is 15.8. The lowest BCUT2D eigenvalue weighted by atomic mass is 10.1. The summed E-state index contributed by atoms with van der Waals surface area (Å²) in [7, 11) is 1.54. The van der Waals surface area contributed by atoms with Gasteiger partial charge in [-0.2, -0.15) is 0 Å². The van der Waals surface area contributed by atoms with Crippen molar-refractivity contribution in [1.29, 1.82) is 0 Å². The minimum absolute atomic E-state index is 0.0414. The molecule has 1 N–H and O–H groups in total. The molecule has 0 atom stereocenters. The quantitative estimate of drug-likeness (QED) is 0.825. The topological polar surface area (TPSA) is 58.6 Å². The molecular formula is C20H19ClN2O3. The molecule has 1 aliphatic heterocycles. The number of halogens is 1. The second-order valence-corrected chi connectivity index (χ2v) is 6.69. The van der Waals surface area contributed by atoms with Crippen LogP contribution >= 0.6 is 11.6 Å². The van der Waals surface area contributed by atoms with E-state index >= 15 is 0 Å². The van der Waals surface area contributed by atoms with Gasteiger partial charge in [-0.1, -0.05) is 23.7 Å². The first-order valence-corrected chi connectivity index (χ1v) is 8.48. The van der Waals surface area contributed by atoms with Gasteiger partial charge in [0, 0.05) is 0 Å². The molecule has 0 spiro atoms. The summed E-state index contributed by atoms with van der Waals surface area (Å²) in [5.41, 5.74) is 4.01. The van der Waals surface area contributed by atoms with Gasteiger partial charge in [-0.25, -0.2) is 4.90 Å². The van der Waals surface area contributed by atoms with Gasteiger partial charge < -0.3 is 10.1 Å². The number of methoxy groups -OCH3 is 1. The molecule has 0 aromatic heterocycles. The van der Waals surface area contributed by atoms with Gasteiger partial charge in [-0.3, -0.25) is 9.59 Å². The third-order valence-corrected chi connectivity index (χ3v) is 4.46. The molecule has 1 aliphatic rings. The summed E-state index contributed by atoms with van der Waals surface area (Å²) >= 11 is 6.20. The van der Waals surface area contributed by atoms with E-state index in [1.165, 1.54) is 7.11 Å². The van der Waals surface area contributed by atoms with Crippen LogP contribution < -0.4 is 15.0 Å². The van der Waals surface area contributed by atoms with Gasteiger partial charge in [0.2, 0.25) is 0 Å². The fourth-order valence-electron chi connectivity index (χ4n) is 2.98. The lowest BCUT2D eigenvalue weighted by molar-refractivity contribution is -0.120. The Labute approximate surface area is 157 Å². The van der Waals surface area contributed by atoms with Crippen LogP contribution in [0.3, 0.4) is 0 Å². The first-order chi connectivity index (χ1) is 12.3. The van der Waals surface area contributed by atoms with E-state index in [1.807, 2.05) is 39.0 Å². The summed E-state index contributed by atoms with van der Waals surface area (Å²) < 4.78 is 5.31. The van der Waals surface area contributed by atoms with Crippen LogP contribution in [0.15, 0.2) is 47.1 Å². The molecule has 2 amide bonds. The van der Waals surface area contributed by atoms with Crippen LogP contribution in [0.2, 0.25) is 0 Å². The van der Waals surface area contributed by atoms with Crippen LogP contribution in [-0.2, 0) is 9.59 Å². The standard InChI is InChI=1S/C20H19ClN2O3/c1-11-5-6-16(26-4)15(10-11)22-18-17(21)19(24)23(20(18)25)14-8-12(2)7-13(3)9-14/h5-10,22H,1-4H3. The van der Waals surface area contributed by atoms with E-state index < -0.39 is 11.8 Å². The predicted octanol–water partition coefficient (Wildman–Crippen LogP) is 4.06. The Morgan fingerprint density at radius 1 is 0.923 bits per heavy atom. The Hall–Kier alpha value is -2.79. The number of nitrogens with zero attached hydrogens (tertiary/aromatic N) is 1. The Morgan fingerprint density at radius 2 is 1.58 bits per heavy atom. The van der Waals surface area contributed by atoms with Crippen LogP contribution in [0.4, 0.5) is 11.4 Å². The molecule has 1 heterocycles. The van der Waals surface area contributed by atoms with Gasteiger partial charge in [-0.05, 0) is 61.7 Å². The number of imide groups is 1. The molecule has 2 aromatic carbocycles. The second kappa shape index (κ2) is 6.84. The van der Waals surface area contributed by atoms with Gasteiger partial charge in [0.15, 0.2) is 0 Å². The van der Waals surface area contributed by atoms with E-state index in [-0.39, 0.29) is 10.7 Å². The molecule has 0 saturated carbocycles. The van der Waals surface area contributed by atoms with Crippen molar-refractivity contribution in [3.05, 3.63) is 63.8 Å². The normalized spacial score (nSPS) is 14.3. The highest BCUT2D eigenvalue weighted by Crippen LogP contribution is 2.33. The zero-order chi connectivity index (χ0) is 19.0. The van der Waals surface area contributed by atoms with Crippen molar-refractivity contribution < 1.29 is 14.3 Å². The fraction of sp³-hybridized carbons (Fsp3) is 0.200. The number of hydrogen-bond acceptors (Lipinski definition) is 4. The van der Waals surface area contributed by atoms with Crippen molar-refractivity contribution in [3.63, 3.8) is 0 Å². The van der Waals surface area contributed by atoms with E-state index in [9.17, 15) is 9.59 Å². The van der Waals surface area contributed by atoms with Crippen molar-refractivity contribution in [3.8, 4) is 5.75 Å². The average Bonchev–Trinajstić information content (AvgIpc) is 2.78. The van der Waals surface area contributed by atoms with Crippen molar-refractivity contribution in [2.24, 2.45) is 0 Å². The lowest BCUT2D eigenvalue weighted by Crippen LogP contribution is -2.32. The van der Waals surface area contributed by atoms with Crippen molar-refractivity contribution >= 4 is 34.8 Å². The molecule has 5 nitrogen and oxygen atoms in total. The first-order valence-electron chi connectivity index (χ1n) is 8.10. The number of carbonyl (C=O) groups is 2. The maximum absolute atomic E-state index is 12.9. The highest BCUT2D eigenvalue weighted by molar-refractivity contribution is 6.53. The van der Waals surface area contributed by atoms with E-state index in [0.29, 0.717) is 17.1 Å².